The van der Waals surface area contributed by atoms with Crippen molar-refractivity contribution in [2.45, 2.75) is 58.7 Å². The van der Waals surface area contributed by atoms with Crippen molar-refractivity contribution in [3.63, 3.8) is 0 Å². The summed E-state index contributed by atoms with van der Waals surface area (Å²) < 4.78 is 7.58. The number of amides is 1. The number of nitrogens with zero attached hydrogens (tertiary/aromatic N) is 3. The van der Waals surface area contributed by atoms with Gasteiger partial charge in [0.1, 0.15) is 11.4 Å². The number of hydrogen-bond donors (Lipinski definition) is 2. The molecule has 0 spiro atoms. The lowest BCUT2D eigenvalue weighted by Crippen LogP contribution is -2.39. The van der Waals surface area contributed by atoms with Gasteiger partial charge in [0.2, 0.25) is 0 Å². The van der Waals surface area contributed by atoms with Crippen molar-refractivity contribution in [1.82, 2.24) is 19.9 Å². The van der Waals surface area contributed by atoms with E-state index in [-0.39, 0.29) is 18.1 Å². The maximum atomic E-state index is 12.2. The second-order valence-electron chi connectivity index (χ2n) is 7.10. The zero-order chi connectivity index (χ0) is 17.0. The van der Waals surface area contributed by atoms with Crippen LogP contribution >= 0.6 is 0 Å². The molecule has 1 aliphatic rings. The number of hydrazine groups is 1. The van der Waals surface area contributed by atoms with Gasteiger partial charge in [-0.2, -0.15) is 0 Å². The third-order valence-corrected chi connectivity index (χ3v) is 4.02. The SMILES string of the molecule is CCCn1ccnc1C(NN)C1CCN(C(=O)OC(C)(C)C)C1. The van der Waals surface area contributed by atoms with Crippen LogP contribution in [0.2, 0.25) is 0 Å². The number of aryl methyl sites for hydroxylation is 1. The predicted octanol–water partition coefficient (Wildman–Crippen LogP) is 2.05. The molecule has 0 bridgehead atoms. The zero-order valence-corrected chi connectivity index (χ0v) is 14.6. The molecule has 0 aliphatic carbocycles. The van der Waals surface area contributed by atoms with Gasteiger partial charge >= 0.3 is 6.09 Å². The Hall–Kier alpha value is -1.60. The van der Waals surface area contributed by atoms with E-state index in [9.17, 15) is 4.79 Å². The highest BCUT2D eigenvalue weighted by Gasteiger charge is 2.35. The summed E-state index contributed by atoms with van der Waals surface area (Å²) in [5.41, 5.74) is 2.42. The lowest BCUT2D eigenvalue weighted by atomic mass is 9.98. The fraction of sp³-hybridized carbons (Fsp3) is 0.750. The molecule has 1 aliphatic heterocycles. The van der Waals surface area contributed by atoms with E-state index in [4.69, 9.17) is 10.6 Å². The van der Waals surface area contributed by atoms with Crippen molar-refractivity contribution in [2.75, 3.05) is 13.1 Å². The van der Waals surface area contributed by atoms with E-state index >= 15 is 0 Å². The summed E-state index contributed by atoms with van der Waals surface area (Å²) in [7, 11) is 0. The van der Waals surface area contributed by atoms with Crippen molar-refractivity contribution in [2.24, 2.45) is 11.8 Å². The summed E-state index contributed by atoms with van der Waals surface area (Å²) in [6, 6.07) is -0.0658. The number of likely N-dealkylation sites (tertiary alicyclic amines) is 1. The molecule has 2 rings (SSSR count). The monoisotopic (exact) mass is 323 g/mol. The Morgan fingerprint density at radius 1 is 1.57 bits per heavy atom. The lowest BCUT2D eigenvalue weighted by Gasteiger charge is -2.26. The fourth-order valence-electron chi connectivity index (χ4n) is 3.00. The first kappa shape index (κ1) is 17.7. The van der Waals surface area contributed by atoms with Crippen LogP contribution in [-0.4, -0.2) is 39.2 Å². The van der Waals surface area contributed by atoms with Gasteiger partial charge in [0.05, 0.1) is 6.04 Å². The van der Waals surface area contributed by atoms with Gasteiger partial charge < -0.3 is 14.2 Å². The van der Waals surface area contributed by atoms with Crippen LogP contribution < -0.4 is 11.3 Å². The number of nitrogens with one attached hydrogen (secondary N) is 1. The number of imidazole rings is 1. The minimum Gasteiger partial charge on any atom is -0.444 e. The molecular weight excluding hydrogens is 294 g/mol. The summed E-state index contributed by atoms with van der Waals surface area (Å²) in [6.45, 7) is 10.00. The minimum absolute atomic E-state index is 0.0658. The molecule has 0 radical (unpaired) electrons. The summed E-state index contributed by atoms with van der Waals surface area (Å²) in [6.07, 6.45) is 5.44. The summed E-state index contributed by atoms with van der Waals surface area (Å²) in [5.74, 6) is 6.96. The van der Waals surface area contributed by atoms with E-state index < -0.39 is 5.60 Å². The highest BCUT2D eigenvalue weighted by Crippen LogP contribution is 2.29. The van der Waals surface area contributed by atoms with E-state index in [2.05, 4.69) is 21.9 Å². The van der Waals surface area contributed by atoms with E-state index in [1.54, 1.807) is 11.1 Å². The first-order valence-corrected chi connectivity index (χ1v) is 8.30. The third-order valence-electron chi connectivity index (χ3n) is 4.02. The Balaban J connectivity index is 2.04. The van der Waals surface area contributed by atoms with Crippen LogP contribution in [0.4, 0.5) is 4.79 Å². The van der Waals surface area contributed by atoms with E-state index in [1.165, 1.54) is 0 Å². The summed E-state index contributed by atoms with van der Waals surface area (Å²) in [5, 5.41) is 0. The van der Waals surface area contributed by atoms with Gasteiger partial charge in [-0.1, -0.05) is 6.92 Å². The number of hydrogen-bond acceptors (Lipinski definition) is 5. The van der Waals surface area contributed by atoms with Crippen LogP contribution in [0.1, 0.15) is 52.4 Å². The van der Waals surface area contributed by atoms with Gasteiger partial charge in [0.25, 0.3) is 0 Å². The maximum Gasteiger partial charge on any atom is 0.410 e. The van der Waals surface area contributed by atoms with Crippen molar-refractivity contribution in [3.8, 4) is 0 Å². The summed E-state index contributed by atoms with van der Waals surface area (Å²) in [4.78, 5) is 18.4. The van der Waals surface area contributed by atoms with Gasteiger partial charge in [-0.15, -0.1) is 0 Å². The number of aromatic nitrogens is 2. The molecule has 1 fully saturated rings. The van der Waals surface area contributed by atoms with Gasteiger partial charge in [0, 0.05) is 37.9 Å². The van der Waals surface area contributed by atoms with Gasteiger partial charge in [-0.05, 0) is 33.6 Å². The highest BCUT2D eigenvalue weighted by molar-refractivity contribution is 5.68. The number of ether oxygens (including phenoxy) is 1. The second kappa shape index (κ2) is 7.31. The number of carbonyl (C=O) groups excluding carboxylic acids is 1. The smallest absolute Gasteiger partial charge is 0.410 e. The number of carbonyl (C=O) groups is 1. The molecule has 1 aromatic heterocycles. The van der Waals surface area contributed by atoms with Crippen molar-refractivity contribution in [1.29, 1.82) is 0 Å². The highest BCUT2D eigenvalue weighted by atomic mass is 16.6. The minimum atomic E-state index is -0.474. The van der Waals surface area contributed by atoms with E-state index in [0.717, 1.165) is 25.2 Å². The topological polar surface area (TPSA) is 85.4 Å². The standard InChI is InChI=1S/C16H29N5O2/c1-5-8-20-10-7-18-14(20)13(19-17)12-6-9-21(11-12)15(22)23-16(2,3)4/h7,10,12-13,19H,5-6,8-9,11,17H2,1-4H3. The average Bonchev–Trinajstić information content (AvgIpc) is 3.09. The molecule has 1 amide bonds. The summed E-state index contributed by atoms with van der Waals surface area (Å²) >= 11 is 0. The first-order valence-electron chi connectivity index (χ1n) is 8.30. The van der Waals surface area contributed by atoms with Crippen molar-refractivity contribution in [3.05, 3.63) is 18.2 Å². The molecular formula is C16H29N5O2. The molecule has 3 N–H and O–H groups in total. The Morgan fingerprint density at radius 3 is 2.91 bits per heavy atom. The van der Waals surface area contributed by atoms with Crippen LogP contribution in [0.25, 0.3) is 0 Å². The lowest BCUT2D eigenvalue weighted by molar-refractivity contribution is 0.0285. The third kappa shape index (κ3) is 4.45. The van der Waals surface area contributed by atoms with Gasteiger partial charge in [0.15, 0.2) is 0 Å². The molecule has 2 unspecified atom stereocenters. The fourth-order valence-corrected chi connectivity index (χ4v) is 3.00. The maximum absolute atomic E-state index is 12.2. The molecule has 7 heteroatoms. The first-order chi connectivity index (χ1) is 10.9. The molecule has 2 atom stereocenters. The number of rotatable bonds is 5. The predicted molar refractivity (Wildman–Crippen MR) is 88.5 cm³/mol. The number of nitrogens with two attached hydrogens (primary N) is 1. The Kier molecular flexibility index (Phi) is 5.64. The van der Waals surface area contributed by atoms with Crippen LogP contribution in [-0.2, 0) is 11.3 Å². The molecule has 1 aromatic rings. The Bertz CT molecular complexity index is 523. The molecule has 1 saturated heterocycles. The Labute approximate surface area is 138 Å². The van der Waals surface area contributed by atoms with Crippen LogP contribution in [0.5, 0.6) is 0 Å². The molecule has 7 nitrogen and oxygen atoms in total. The van der Waals surface area contributed by atoms with Crippen LogP contribution in [0.3, 0.4) is 0 Å². The molecule has 0 saturated carbocycles. The van der Waals surface area contributed by atoms with Crippen LogP contribution in [0, 0.1) is 5.92 Å². The van der Waals surface area contributed by atoms with Crippen molar-refractivity contribution < 1.29 is 9.53 Å². The quantitative estimate of drug-likeness (QED) is 0.640. The zero-order valence-electron chi connectivity index (χ0n) is 14.6. The van der Waals surface area contributed by atoms with E-state index in [0.29, 0.717) is 13.1 Å². The Morgan fingerprint density at radius 2 is 2.30 bits per heavy atom. The second-order valence-corrected chi connectivity index (χ2v) is 7.10. The molecule has 2 heterocycles. The normalized spacial score (nSPS) is 19.9. The van der Waals surface area contributed by atoms with Gasteiger partial charge in [-0.25, -0.2) is 15.2 Å². The largest absolute Gasteiger partial charge is 0.444 e. The average molecular weight is 323 g/mol. The van der Waals surface area contributed by atoms with E-state index in [1.807, 2.05) is 27.0 Å². The molecule has 0 aromatic carbocycles. The van der Waals surface area contributed by atoms with Gasteiger partial charge in [-0.3, -0.25) is 5.84 Å². The van der Waals surface area contributed by atoms with Crippen molar-refractivity contribution >= 4 is 6.09 Å². The molecule has 130 valence electrons. The van der Waals surface area contributed by atoms with Crippen LogP contribution in [0.15, 0.2) is 12.4 Å². The molecule has 23 heavy (non-hydrogen) atoms.